The standard InChI is InChI=1S/C11H15N3O4/c1-2-18-10-6-12-5-9(13-10)14-3-4-17-7-8(14)11(15)16/h5-6,8H,2-4,7H2,1H3,(H,15,16). The molecule has 0 saturated carbocycles. The van der Waals surface area contributed by atoms with E-state index in [1.54, 1.807) is 4.90 Å². The van der Waals surface area contributed by atoms with Crippen molar-refractivity contribution in [2.75, 3.05) is 31.3 Å². The van der Waals surface area contributed by atoms with Crippen LogP contribution in [0.5, 0.6) is 5.88 Å². The lowest BCUT2D eigenvalue weighted by Gasteiger charge is -2.33. The molecule has 0 aliphatic carbocycles. The van der Waals surface area contributed by atoms with Gasteiger partial charge in [0.1, 0.15) is 0 Å². The maximum Gasteiger partial charge on any atom is 0.328 e. The summed E-state index contributed by atoms with van der Waals surface area (Å²) in [5.41, 5.74) is 0. The molecule has 98 valence electrons. The fourth-order valence-electron chi connectivity index (χ4n) is 1.78. The lowest BCUT2D eigenvalue weighted by molar-refractivity contribution is -0.141. The Labute approximate surface area is 104 Å². The van der Waals surface area contributed by atoms with E-state index in [9.17, 15) is 4.79 Å². The number of carbonyl (C=O) groups is 1. The quantitative estimate of drug-likeness (QED) is 0.818. The number of ether oxygens (including phenoxy) is 2. The molecule has 18 heavy (non-hydrogen) atoms. The molecule has 2 heterocycles. The van der Waals surface area contributed by atoms with Gasteiger partial charge in [-0.25, -0.2) is 4.79 Å². The van der Waals surface area contributed by atoms with Crippen LogP contribution in [0.25, 0.3) is 0 Å². The molecule has 0 bridgehead atoms. The number of carboxylic acid groups (broad SMARTS) is 1. The molecule has 1 aromatic heterocycles. The van der Waals surface area contributed by atoms with Crippen LogP contribution in [0.2, 0.25) is 0 Å². The largest absolute Gasteiger partial charge is 0.480 e. The molecule has 7 heteroatoms. The van der Waals surface area contributed by atoms with Gasteiger partial charge in [0.15, 0.2) is 11.9 Å². The normalized spacial score (nSPS) is 19.6. The minimum Gasteiger partial charge on any atom is -0.480 e. The fraction of sp³-hybridized carbons (Fsp3) is 0.545. The third-order valence-electron chi connectivity index (χ3n) is 2.60. The monoisotopic (exact) mass is 253 g/mol. The van der Waals surface area contributed by atoms with Gasteiger partial charge < -0.3 is 19.5 Å². The third-order valence-corrected chi connectivity index (χ3v) is 2.60. The molecule has 0 spiro atoms. The van der Waals surface area contributed by atoms with Crippen LogP contribution in [0.4, 0.5) is 5.82 Å². The van der Waals surface area contributed by atoms with Crippen LogP contribution < -0.4 is 9.64 Å². The number of aliphatic carboxylic acids is 1. The number of aromatic nitrogens is 2. The summed E-state index contributed by atoms with van der Waals surface area (Å²) in [5.74, 6) is -0.0411. The molecule has 0 amide bonds. The Bertz CT molecular complexity index is 427. The summed E-state index contributed by atoms with van der Waals surface area (Å²) in [5, 5.41) is 9.14. The van der Waals surface area contributed by atoms with Crippen LogP contribution in [0.3, 0.4) is 0 Å². The van der Waals surface area contributed by atoms with Crippen molar-refractivity contribution in [2.24, 2.45) is 0 Å². The van der Waals surface area contributed by atoms with Gasteiger partial charge in [0.05, 0.1) is 32.2 Å². The van der Waals surface area contributed by atoms with E-state index in [0.29, 0.717) is 31.5 Å². The molecule has 1 aliphatic heterocycles. The second-order valence-corrected chi connectivity index (χ2v) is 3.77. The van der Waals surface area contributed by atoms with E-state index in [1.165, 1.54) is 12.4 Å². The summed E-state index contributed by atoms with van der Waals surface area (Å²) in [4.78, 5) is 21.1. The predicted octanol–water partition coefficient (Wildman–Crippen LogP) is 0.165. The van der Waals surface area contributed by atoms with E-state index in [4.69, 9.17) is 14.6 Å². The Morgan fingerprint density at radius 3 is 3.22 bits per heavy atom. The first-order valence-corrected chi connectivity index (χ1v) is 5.74. The molecular weight excluding hydrogens is 238 g/mol. The molecule has 1 atom stereocenters. The van der Waals surface area contributed by atoms with E-state index in [0.717, 1.165) is 0 Å². The van der Waals surface area contributed by atoms with Gasteiger partial charge in [0.2, 0.25) is 5.88 Å². The second kappa shape index (κ2) is 5.63. The van der Waals surface area contributed by atoms with E-state index in [-0.39, 0.29) is 6.61 Å². The number of anilines is 1. The van der Waals surface area contributed by atoms with Crippen molar-refractivity contribution in [3.05, 3.63) is 12.4 Å². The molecule has 0 aromatic carbocycles. The van der Waals surface area contributed by atoms with Gasteiger partial charge in [-0.05, 0) is 6.92 Å². The predicted molar refractivity (Wildman–Crippen MR) is 62.8 cm³/mol. The SMILES string of the molecule is CCOc1cncc(N2CCOCC2C(=O)O)n1. The maximum absolute atomic E-state index is 11.1. The molecule has 1 unspecified atom stereocenters. The second-order valence-electron chi connectivity index (χ2n) is 3.77. The lowest BCUT2D eigenvalue weighted by Crippen LogP contribution is -2.50. The van der Waals surface area contributed by atoms with E-state index in [1.807, 2.05) is 6.92 Å². The summed E-state index contributed by atoms with van der Waals surface area (Å²) < 4.78 is 10.4. The van der Waals surface area contributed by atoms with Gasteiger partial charge in [0.25, 0.3) is 0 Å². The van der Waals surface area contributed by atoms with Crippen LogP contribution in [-0.4, -0.2) is 53.5 Å². The van der Waals surface area contributed by atoms with Crippen molar-refractivity contribution in [3.63, 3.8) is 0 Å². The molecular formula is C11H15N3O4. The third kappa shape index (κ3) is 2.67. The lowest BCUT2D eigenvalue weighted by atomic mass is 10.2. The smallest absolute Gasteiger partial charge is 0.328 e. The Morgan fingerprint density at radius 1 is 1.67 bits per heavy atom. The zero-order valence-electron chi connectivity index (χ0n) is 10.1. The summed E-state index contributed by atoms with van der Waals surface area (Å²) in [6.45, 7) is 3.44. The summed E-state index contributed by atoms with van der Waals surface area (Å²) in [7, 11) is 0. The summed E-state index contributed by atoms with van der Waals surface area (Å²) >= 11 is 0. The topological polar surface area (TPSA) is 84.8 Å². The van der Waals surface area contributed by atoms with Gasteiger partial charge in [-0.2, -0.15) is 4.98 Å². The number of carboxylic acids is 1. The molecule has 1 aromatic rings. The highest BCUT2D eigenvalue weighted by atomic mass is 16.5. The highest BCUT2D eigenvalue weighted by molar-refractivity contribution is 5.78. The van der Waals surface area contributed by atoms with Crippen LogP contribution in [0.15, 0.2) is 12.4 Å². The highest BCUT2D eigenvalue weighted by Crippen LogP contribution is 2.19. The van der Waals surface area contributed by atoms with E-state index >= 15 is 0 Å². The molecule has 7 nitrogen and oxygen atoms in total. The van der Waals surface area contributed by atoms with Gasteiger partial charge >= 0.3 is 5.97 Å². The van der Waals surface area contributed by atoms with Gasteiger partial charge in [-0.3, -0.25) is 4.98 Å². The summed E-state index contributed by atoms with van der Waals surface area (Å²) in [6, 6.07) is -0.732. The Kier molecular flexibility index (Phi) is 3.93. The average molecular weight is 253 g/mol. The van der Waals surface area contributed by atoms with Crippen molar-refractivity contribution >= 4 is 11.8 Å². The number of hydrogen-bond donors (Lipinski definition) is 1. The Morgan fingerprint density at radius 2 is 2.50 bits per heavy atom. The van der Waals surface area contributed by atoms with Gasteiger partial charge in [-0.1, -0.05) is 0 Å². The number of rotatable bonds is 4. The van der Waals surface area contributed by atoms with Crippen molar-refractivity contribution in [3.8, 4) is 5.88 Å². The van der Waals surface area contributed by atoms with Gasteiger partial charge in [0, 0.05) is 6.54 Å². The van der Waals surface area contributed by atoms with Crippen molar-refractivity contribution in [1.82, 2.24) is 9.97 Å². The van der Waals surface area contributed by atoms with Crippen LogP contribution in [0.1, 0.15) is 6.92 Å². The Hall–Kier alpha value is -1.89. The van der Waals surface area contributed by atoms with Crippen LogP contribution in [0, 0.1) is 0 Å². The minimum absolute atomic E-state index is 0.149. The minimum atomic E-state index is -0.932. The maximum atomic E-state index is 11.1. The van der Waals surface area contributed by atoms with Crippen molar-refractivity contribution in [1.29, 1.82) is 0 Å². The molecule has 2 rings (SSSR count). The zero-order valence-corrected chi connectivity index (χ0v) is 10.1. The highest BCUT2D eigenvalue weighted by Gasteiger charge is 2.30. The average Bonchev–Trinajstić information content (AvgIpc) is 2.39. The molecule has 1 fully saturated rings. The first-order valence-electron chi connectivity index (χ1n) is 5.74. The first kappa shape index (κ1) is 12.6. The molecule has 1 N–H and O–H groups in total. The fourth-order valence-corrected chi connectivity index (χ4v) is 1.78. The zero-order chi connectivity index (χ0) is 13.0. The Balaban J connectivity index is 2.22. The molecule has 1 saturated heterocycles. The van der Waals surface area contributed by atoms with E-state index in [2.05, 4.69) is 9.97 Å². The van der Waals surface area contributed by atoms with Crippen LogP contribution in [-0.2, 0) is 9.53 Å². The molecule has 1 aliphatic rings. The molecule has 0 radical (unpaired) electrons. The van der Waals surface area contributed by atoms with Crippen LogP contribution >= 0.6 is 0 Å². The van der Waals surface area contributed by atoms with Crippen molar-refractivity contribution < 1.29 is 19.4 Å². The number of hydrogen-bond acceptors (Lipinski definition) is 6. The first-order chi connectivity index (χ1) is 8.72. The number of nitrogens with zero attached hydrogens (tertiary/aromatic N) is 3. The number of morpholine rings is 1. The van der Waals surface area contributed by atoms with Crippen molar-refractivity contribution in [2.45, 2.75) is 13.0 Å². The van der Waals surface area contributed by atoms with Gasteiger partial charge in [-0.15, -0.1) is 0 Å². The van der Waals surface area contributed by atoms with E-state index < -0.39 is 12.0 Å². The summed E-state index contributed by atoms with van der Waals surface area (Å²) in [6.07, 6.45) is 3.03.